The summed E-state index contributed by atoms with van der Waals surface area (Å²) >= 11 is 0. The predicted octanol–water partition coefficient (Wildman–Crippen LogP) is 3.91. The van der Waals surface area contributed by atoms with Gasteiger partial charge in [0.2, 0.25) is 0 Å². The predicted molar refractivity (Wildman–Crippen MR) is 106 cm³/mol. The maximum atomic E-state index is 12.9. The second-order valence-electron chi connectivity index (χ2n) is 6.51. The van der Waals surface area contributed by atoms with Gasteiger partial charge in [-0.15, -0.1) is 0 Å². The van der Waals surface area contributed by atoms with E-state index in [9.17, 15) is 9.59 Å². The standard InChI is InChI=1S/C22H24N2O3/c1-5-24-21(25)19(16-8-10-17(11-9-16)27-6-2)20(22(24)26)23-18-12-7-14(3)13-15(18)4/h7-13,23H,5-6H2,1-4H3. The number of hydrogen-bond acceptors (Lipinski definition) is 4. The molecular formula is C22H24N2O3. The van der Waals surface area contributed by atoms with Crippen LogP contribution in [0.2, 0.25) is 0 Å². The lowest BCUT2D eigenvalue weighted by Crippen LogP contribution is -2.32. The first-order chi connectivity index (χ1) is 13.0. The number of benzene rings is 2. The van der Waals surface area contributed by atoms with Crippen molar-refractivity contribution in [1.82, 2.24) is 4.90 Å². The first-order valence-corrected chi connectivity index (χ1v) is 9.14. The summed E-state index contributed by atoms with van der Waals surface area (Å²) in [7, 11) is 0. The van der Waals surface area contributed by atoms with E-state index in [0.717, 1.165) is 22.6 Å². The fourth-order valence-corrected chi connectivity index (χ4v) is 3.22. The van der Waals surface area contributed by atoms with Crippen molar-refractivity contribution >= 4 is 23.1 Å². The number of hydrogen-bond donors (Lipinski definition) is 1. The Morgan fingerprint density at radius 1 is 0.963 bits per heavy atom. The molecule has 140 valence electrons. The smallest absolute Gasteiger partial charge is 0.278 e. The van der Waals surface area contributed by atoms with Gasteiger partial charge in [-0.05, 0) is 57.0 Å². The maximum absolute atomic E-state index is 12.9. The number of nitrogens with zero attached hydrogens (tertiary/aromatic N) is 1. The Morgan fingerprint density at radius 3 is 2.26 bits per heavy atom. The molecule has 0 fully saturated rings. The fourth-order valence-electron chi connectivity index (χ4n) is 3.22. The average Bonchev–Trinajstić information content (AvgIpc) is 2.88. The lowest BCUT2D eigenvalue weighted by atomic mass is 10.0. The number of rotatable bonds is 6. The summed E-state index contributed by atoms with van der Waals surface area (Å²) in [5.74, 6) is 0.153. The molecule has 2 amide bonds. The lowest BCUT2D eigenvalue weighted by Gasteiger charge is -2.13. The lowest BCUT2D eigenvalue weighted by molar-refractivity contribution is -0.136. The molecule has 3 rings (SSSR count). The van der Waals surface area contributed by atoms with Crippen molar-refractivity contribution in [3.63, 3.8) is 0 Å². The van der Waals surface area contributed by atoms with Crippen molar-refractivity contribution in [2.45, 2.75) is 27.7 Å². The molecule has 0 unspecified atom stereocenters. The summed E-state index contributed by atoms with van der Waals surface area (Å²) in [4.78, 5) is 27.0. The highest BCUT2D eigenvalue weighted by Crippen LogP contribution is 2.32. The molecule has 0 spiro atoms. The van der Waals surface area contributed by atoms with Crippen LogP contribution in [-0.2, 0) is 9.59 Å². The SMILES string of the molecule is CCOc1ccc(C2=C(Nc3ccc(C)cc3C)C(=O)N(CC)C2=O)cc1. The minimum absolute atomic E-state index is 0.279. The molecule has 1 heterocycles. The molecule has 1 N–H and O–H groups in total. The Labute approximate surface area is 159 Å². The Balaban J connectivity index is 2.05. The van der Waals surface area contributed by atoms with Gasteiger partial charge in [0.05, 0.1) is 12.2 Å². The van der Waals surface area contributed by atoms with Gasteiger partial charge in [-0.1, -0.05) is 29.8 Å². The molecule has 0 radical (unpaired) electrons. The molecule has 0 atom stereocenters. The largest absolute Gasteiger partial charge is 0.494 e. The highest BCUT2D eigenvalue weighted by atomic mass is 16.5. The molecule has 2 aromatic rings. The van der Waals surface area contributed by atoms with Crippen molar-refractivity contribution in [2.75, 3.05) is 18.5 Å². The number of carbonyl (C=O) groups excluding carboxylic acids is 2. The molecule has 5 nitrogen and oxygen atoms in total. The van der Waals surface area contributed by atoms with E-state index < -0.39 is 0 Å². The molecule has 0 aliphatic carbocycles. The third kappa shape index (κ3) is 3.58. The van der Waals surface area contributed by atoms with E-state index in [1.54, 1.807) is 6.92 Å². The molecule has 27 heavy (non-hydrogen) atoms. The van der Waals surface area contributed by atoms with Crippen LogP contribution in [0.25, 0.3) is 5.57 Å². The van der Waals surface area contributed by atoms with Gasteiger partial charge in [0.1, 0.15) is 11.4 Å². The highest BCUT2D eigenvalue weighted by molar-refractivity contribution is 6.36. The third-order valence-electron chi connectivity index (χ3n) is 4.58. The van der Waals surface area contributed by atoms with E-state index in [1.807, 2.05) is 63.2 Å². The summed E-state index contributed by atoms with van der Waals surface area (Å²) < 4.78 is 5.47. The summed E-state index contributed by atoms with van der Waals surface area (Å²) in [6.07, 6.45) is 0. The highest BCUT2D eigenvalue weighted by Gasteiger charge is 2.38. The molecule has 5 heteroatoms. The minimum atomic E-state index is -0.300. The number of amides is 2. The monoisotopic (exact) mass is 364 g/mol. The molecule has 0 saturated heterocycles. The van der Waals surface area contributed by atoms with Crippen LogP contribution in [0.5, 0.6) is 5.75 Å². The molecular weight excluding hydrogens is 340 g/mol. The Bertz CT molecular complexity index is 914. The van der Waals surface area contributed by atoms with Gasteiger partial charge in [-0.25, -0.2) is 0 Å². The van der Waals surface area contributed by atoms with Crippen LogP contribution in [0.4, 0.5) is 5.69 Å². The van der Waals surface area contributed by atoms with Crippen molar-refractivity contribution in [3.05, 3.63) is 64.9 Å². The zero-order valence-corrected chi connectivity index (χ0v) is 16.1. The number of ether oxygens (including phenoxy) is 1. The minimum Gasteiger partial charge on any atom is -0.494 e. The fraction of sp³-hybridized carbons (Fsp3) is 0.273. The van der Waals surface area contributed by atoms with E-state index in [0.29, 0.717) is 30.0 Å². The number of aryl methyl sites for hydroxylation is 2. The molecule has 0 saturated carbocycles. The van der Waals surface area contributed by atoms with Gasteiger partial charge in [0.25, 0.3) is 11.8 Å². The zero-order valence-electron chi connectivity index (χ0n) is 16.1. The van der Waals surface area contributed by atoms with Crippen LogP contribution in [0.1, 0.15) is 30.5 Å². The Hall–Kier alpha value is -3.08. The van der Waals surface area contributed by atoms with Crippen molar-refractivity contribution < 1.29 is 14.3 Å². The van der Waals surface area contributed by atoms with E-state index in [-0.39, 0.29) is 11.8 Å². The molecule has 2 aromatic carbocycles. The summed E-state index contributed by atoms with van der Waals surface area (Å²) in [6.45, 7) is 8.61. The first-order valence-electron chi connectivity index (χ1n) is 9.14. The normalized spacial score (nSPS) is 14.1. The van der Waals surface area contributed by atoms with Gasteiger partial charge < -0.3 is 10.1 Å². The summed E-state index contributed by atoms with van der Waals surface area (Å²) in [5.41, 5.74) is 4.38. The van der Waals surface area contributed by atoms with Crippen LogP contribution in [0.15, 0.2) is 48.2 Å². The summed E-state index contributed by atoms with van der Waals surface area (Å²) in [5, 5.41) is 3.21. The topological polar surface area (TPSA) is 58.6 Å². The van der Waals surface area contributed by atoms with Crippen molar-refractivity contribution in [3.8, 4) is 5.75 Å². The summed E-state index contributed by atoms with van der Waals surface area (Å²) in [6, 6.07) is 13.2. The number of likely N-dealkylation sites (N-methyl/N-ethyl adjacent to an activating group) is 1. The Morgan fingerprint density at radius 2 is 1.67 bits per heavy atom. The van der Waals surface area contributed by atoms with Crippen LogP contribution in [0, 0.1) is 13.8 Å². The second kappa shape index (κ2) is 7.66. The zero-order chi connectivity index (χ0) is 19.6. The maximum Gasteiger partial charge on any atom is 0.278 e. The Kier molecular flexibility index (Phi) is 5.31. The van der Waals surface area contributed by atoms with Crippen molar-refractivity contribution in [2.24, 2.45) is 0 Å². The molecule has 1 aliphatic rings. The van der Waals surface area contributed by atoms with Gasteiger partial charge in [-0.2, -0.15) is 0 Å². The van der Waals surface area contributed by atoms with Crippen molar-refractivity contribution in [1.29, 1.82) is 0 Å². The quantitative estimate of drug-likeness (QED) is 0.790. The first kappa shape index (κ1) is 18.7. The third-order valence-corrected chi connectivity index (χ3v) is 4.58. The van der Waals surface area contributed by atoms with Gasteiger partial charge >= 0.3 is 0 Å². The van der Waals surface area contributed by atoms with Crippen LogP contribution in [-0.4, -0.2) is 29.9 Å². The van der Waals surface area contributed by atoms with Gasteiger partial charge in [-0.3, -0.25) is 14.5 Å². The van der Waals surface area contributed by atoms with Crippen LogP contribution in [0.3, 0.4) is 0 Å². The number of imide groups is 1. The van der Waals surface area contributed by atoms with Crippen LogP contribution >= 0.6 is 0 Å². The molecule has 0 aromatic heterocycles. The van der Waals surface area contributed by atoms with E-state index in [4.69, 9.17) is 4.74 Å². The molecule has 0 bridgehead atoms. The van der Waals surface area contributed by atoms with E-state index in [2.05, 4.69) is 5.32 Å². The number of anilines is 1. The van der Waals surface area contributed by atoms with Gasteiger partial charge in [0, 0.05) is 12.2 Å². The van der Waals surface area contributed by atoms with Crippen LogP contribution < -0.4 is 10.1 Å². The average molecular weight is 364 g/mol. The second-order valence-corrected chi connectivity index (χ2v) is 6.51. The number of carbonyl (C=O) groups is 2. The van der Waals surface area contributed by atoms with E-state index >= 15 is 0 Å². The number of nitrogens with one attached hydrogen (secondary N) is 1. The van der Waals surface area contributed by atoms with Gasteiger partial charge in [0.15, 0.2) is 0 Å². The molecule has 1 aliphatic heterocycles. The van der Waals surface area contributed by atoms with E-state index in [1.165, 1.54) is 4.90 Å².